The second-order valence-electron chi connectivity index (χ2n) is 5.85. The number of aliphatic hydroxyl groups is 1. The first kappa shape index (κ1) is 14.0. The van der Waals surface area contributed by atoms with E-state index in [0.29, 0.717) is 12.1 Å². The summed E-state index contributed by atoms with van der Waals surface area (Å²) in [6.45, 7) is 6.79. The van der Waals surface area contributed by atoms with Gasteiger partial charge in [-0.1, -0.05) is 33.1 Å². The van der Waals surface area contributed by atoms with E-state index >= 15 is 0 Å². The molecule has 0 aliphatic heterocycles. The molecule has 0 bridgehead atoms. The summed E-state index contributed by atoms with van der Waals surface area (Å²) in [7, 11) is 0. The van der Waals surface area contributed by atoms with Gasteiger partial charge >= 0.3 is 0 Å². The minimum absolute atomic E-state index is 0.121. The van der Waals surface area contributed by atoms with E-state index in [-0.39, 0.29) is 6.10 Å². The van der Waals surface area contributed by atoms with E-state index in [0.717, 1.165) is 18.8 Å². The van der Waals surface area contributed by atoms with Crippen LogP contribution < -0.4 is 5.32 Å². The van der Waals surface area contributed by atoms with Crippen LogP contribution in [0.25, 0.3) is 0 Å². The molecule has 0 saturated heterocycles. The van der Waals surface area contributed by atoms with E-state index in [4.69, 9.17) is 0 Å². The minimum Gasteiger partial charge on any atom is -0.392 e. The zero-order valence-corrected chi connectivity index (χ0v) is 11.2. The van der Waals surface area contributed by atoms with Gasteiger partial charge in [0.25, 0.3) is 0 Å². The molecular weight excluding hydrogens is 198 g/mol. The SMILES string of the molecule is CC(C)CCC(C)NC1CCCCCC1O. The zero-order valence-electron chi connectivity index (χ0n) is 11.2. The van der Waals surface area contributed by atoms with Crippen LogP contribution in [-0.2, 0) is 0 Å². The lowest BCUT2D eigenvalue weighted by atomic mass is 10.0. The summed E-state index contributed by atoms with van der Waals surface area (Å²) >= 11 is 0. The number of rotatable bonds is 5. The van der Waals surface area contributed by atoms with E-state index in [1.165, 1.54) is 32.1 Å². The summed E-state index contributed by atoms with van der Waals surface area (Å²) in [6.07, 6.45) is 8.25. The predicted molar refractivity (Wildman–Crippen MR) is 69.5 cm³/mol. The predicted octanol–water partition coefficient (Wildman–Crippen LogP) is 3.09. The molecule has 0 spiro atoms. The Balaban J connectivity index is 2.27. The summed E-state index contributed by atoms with van der Waals surface area (Å²) in [5.41, 5.74) is 0. The fourth-order valence-corrected chi connectivity index (χ4v) is 2.51. The number of hydrogen-bond donors (Lipinski definition) is 2. The first-order chi connectivity index (χ1) is 7.59. The van der Waals surface area contributed by atoms with Crippen LogP contribution in [0.5, 0.6) is 0 Å². The molecule has 0 amide bonds. The maximum atomic E-state index is 10.0. The lowest BCUT2D eigenvalue weighted by Gasteiger charge is -2.26. The summed E-state index contributed by atoms with van der Waals surface area (Å²) in [5.74, 6) is 0.781. The smallest absolute Gasteiger partial charge is 0.0693 e. The van der Waals surface area contributed by atoms with Gasteiger partial charge in [-0.05, 0) is 38.5 Å². The third kappa shape index (κ3) is 5.31. The highest BCUT2D eigenvalue weighted by Crippen LogP contribution is 2.19. The Morgan fingerprint density at radius 2 is 1.75 bits per heavy atom. The summed E-state index contributed by atoms with van der Waals surface area (Å²) in [4.78, 5) is 0. The van der Waals surface area contributed by atoms with Gasteiger partial charge in [0.15, 0.2) is 0 Å². The highest BCUT2D eigenvalue weighted by molar-refractivity contribution is 4.81. The third-order valence-electron chi connectivity index (χ3n) is 3.66. The Bertz CT molecular complexity index is 182. The van der Waals surface area contributed by atoms with Crippen molar-refractivity contribution in [2.75, 3.05) is 0 Å². The van der Waals surface area contributed by atoms with E-state index in [2.05, 4.69) is 26.1 Å². The second kappa shape index (κ2) is 7.29. The Morgan fingerprint density at radius 3 is 2.44 bits per heavy atom. The molecule has 0 aromatic heterocycles. The van der Waals surface area contributed by atoms with Crippen molar-refractivity contribution < 1.29 is 5.11 Å². The molecule has 1 aliphatic carbocycles. The molecule has 3 unspecified atom stereocenters. The zero-order chi connectivity index (χ0) is 12.0. The maximum absolute atomic E-state index is 10.0. The van der Waals surface area contributed by atoms with Crippen molar-refractivity contribution in [2.24, 2.45) is 5.92 Å². The molecule has 1 saturated carbocycles. The monoisotopic (exact) mass is 227 g/mol. The van der Waals surface area contributed by atoms with Crippen molar-refractivity contribution in [1.29, 1.82) is 0 Å². The molecule has 2 heteroatoms. The fraction of sp³-hybridized carbons (Fsp3) is 1.00. The highest BCUT2D eigenvalue weighted by atomic mass is 16.3. The number of aliphatic hydroxyl groups excluding tert-OH is 1. The molecule has 1 aliphatic rings. The molecule has 16 heavy (non-hydrogen) atoms. The Labute approximate surface area is 101 Å². The number of nitrogens with one attached hydrogen (secondary N) is 1. The second-order valence-corrected chi connectivity index (χ2v) is 5.85. The van der Waals surface area contributed by atoms with E-state index in [1.54, 1.807) is 0 Å². The van der Waals surface area contributed by atoms with Crippen LogP contribution in [0.3, 0.4) is 0 Å². The highest BCUT2D eigenvalue weighted by Gasteiger charge is 2.22. The first-order valence-electron chi connectivity index (χ1n) is 7.03. The van der Waals surface area contributed by atoms with Gasteiger partial charge in [0.1, 0.15) is 0 Å². The molecule has 2 nitrogen and oxygen atoms in total. The van der Waals surface area contributed by atoms with Crippen LogP contribution in [0.2, 0.25) is 0 Å². The van der Waals surface area contributed by atoms with Crippen LogP contribution in [0.4, 0.5) is 0 Å². The maximum Gasteiger partial charge on any atom is 0.0693 e. The Kier molecular flexibility index (Phi) is 6.37. The van der Waals surface area contributed by atoms with Crippen molar-refractivity contribution in [1.82, 2.24) is 5.32 Å². The van der Waals surface area contributed by atoms with Gasteiger partial charge < -0.3 is 10.4 Å². The normalized spacial score (nSPS) is 29.1. The van der Waals surface area contributed by atoms with Gasteiger partial charge in [-0.25, -0.2) is 0 Å². The van der Waals surface area contributed by atoms with E-state index < -0.39 is 0 Å². The van der Waals surface area contributed by atoms with E-state index in [9.17, 15) is 5.11 Å². The first-order valence-corrected chi connectivity index (χ1v) is 7.03. The van der Waals surface area contributed by atoms with Crippen molar-refractivity contribution in [3.05, 3.63) is 0 Å². The van der Waals surface area contributed by atoms with Crippen molar-refractivity contribution in [2.45, 2.75) is 83.9 Å². The number of hydrogen-bond acceptors (Lipinski definition) is 2. The van der Waals surface area contributed by atoms with Crippen molar-refractivity contribution >= 4 is 0 Å². The molecule has 0 aromatic rings. The van der Waals surface area contributed by atoms with Crippen LogP contribution >= 0.6 is 0 Å². The van der Waals surface area contributed by atoms with Gasteiger partial charge in [0.2, 0.25) is 0 Å². The third-order valence-corrected chi connectivity index (χ3v) is 3.66. The van der Waals surface area contributed by atoms with Crippen LogP contribution in [0.1, 0.15) is 65.7 Å². The average Bonchev–Trinajstić information content (AvgIpc) is 2.42. The average molecular weight is 227 g/mol. The molecule has 1 rings (SSSR count). The van der Waals surface area contributed by atoms with Gasteiger partial charge in [0.05, 0.1) is 6.10 Å². The molecule has 3 atom stereocenters. The molecule has 0 aromatic carbocycles. The molecule has 96 valence electrons. The van der Waals surface area contributed by atoms with Gasteiger partial charge in [-0.15, -0.1) is 0 Å². The van der Waals surface area contributed by atoms with E-state index in [1.807, 2.05) is 0 Å². The lowest BCUT2D eigenvalue weighted by Crippen LogP contribution is -2.43. The van der Waals surface area contributed by atoms with Gasteiger partial charge in [0, 0.05) is 12.1 Å². The Hall–Kier alpha value is -0.0800. The molecule has 1 fully saturated rings. The van der Waals surface area contributed by atoms with Gasteiger partial charge in [-0.2, -0.15) is 0 Å². The standard InChI is InChI=1S/C14H29NO/c1-11(2)9-10-12(3)15-13-7-5-4-6-8-14(13)16/h11-16H,4-10H2,1-3H3. The quantitative estimate of drug-likeness (QED) is 0.707. The molecule has 0 radical (unpaired) electrons. The van der Waals surface area contributed by atoms with Crippen LogP contribution in [0.15, 0.2) is 0 Å². The van der Waals surface area contributed by atoms with Crippen molar-refractivity contribution in [3.63, 3.8) is 0 Å². The summed E-state index contributed by atoms with van der Waals surface area (Å²) in [5, 5.41) is 13.6. The molecule has 0 heterocycles. The Morgan fingerprint density at radius 1 is 1.06 bits per heavy atom. The van der Waals surface area contributed by atoms with Crippen LogP contribution in [0, 0.1) is 5.92 Å². The van der Waals surface area contributed by atoms with Crippen LogP contribution in [-0.4, -0.2) is 23.3 Å². The molecule has 2 N–H and O–H groups in total. The largest absolute Gasteiger partial charge is 0.392 e. The summed E-state index contributed by atoms with van der Waals surface area (Å²) < 4.78 is 0. The van der Waals surface area contributed by atoms with Gasteiger partial charge in [-0.3, -0.25) is 0 Å². The molecular formula is C14H29NO. The summed E-state index contributed by atoms with van der Waals surface area (Å²) in [6, 6.07) is 0.879. The van der Waals surface area contributed by atoms with Crippen molar-refractivity contribution in [3.8, 4) is 0 Å². The fourth-order valence-electron chi connectivity index (χ4n) is 2.51. The topological polar surface area (TPSA) is 32.3 Å². The lowest BCUT2D eigenvalue weighted by molar-refractivity contribution is 0.113. The minimum atomic E-state index is -0.121.